The van der Waals surface area contributed by atoms with Gasteiger partial charge in [-0.3, -0.25) is 0 Å². The van der Waals surface area contributed by atoms with Crippen molar-refractivity contribution >= 4 is 17.4 Å². The van der Waals surface area contributed by atoms with E-state index in [1.807, 2.05) is 0 Å². The molecule has 0 unspecified atom stereocenters. The Bertz CT molecular complexity index is 585. The van der Waals surface area contributed by atoms with Gasteiger partial charge in [0.25, 0.3) is 0 Å². The monoisotopic (exact) mass is 288 g/mol. The SMILES string of the molecule is Nc1ncc(Cl)cc1-c1ccc(OC(F)(F)F)cc1. The van der Waals surface area contributed by atoms with E-state index in [0.717, 1.165) is 0 Å². The Morgan fingerprint density at radius 3 is 2.37 bits per heavy atom. The van der Waals surface area contributed by atoms with Gasteiger partial charge in [-0.1, -0.05) is 23.7 Å². The number of halogens is 4. The predicted octanol–water partition coefficient (Wildman–Crippen LogP) is 3.88. The molecule has 19 heavy (non-hydrogen) atoms. The Morgan fingerprint density at radius 2 is 1.79 bits per heavy atom. The van der Waals surface area contributed by atoms with Crippen molar-refractivity contribution in [1.29, 1.82) is 0 Å². The van der Waals surface area contributed by atoms with Crippen molar-refractivity contribution in [2.24, 2.45) is 0 Å². The number of nitrogens with two attached hydrogens (primary N) is 1. The minimum Gasteiger partial charge on any atom is -0.406 e. The summed E-state index contributed by atoms with van der Waals surface area (Å²) in [5.41, 5.74) is 6.83. The molecule has 0 saturated carbocycles. The molecule has 2 rings (SSSR count). The molecule has 0 aliphatic rings. The highest BCUT2D eigenvalue weighted by atomic mass is 35.5. The third-order valence-corrected chi connectivity index (χ3v) is 2.49. The summed E-state index contributed by atoms with van der Waals surface area (Å²) >= 11 is 5.79. The third kappa shape index (κ3) is 3.51. The fourth-order valence-corrected chi connectivity index (χ4v) is 1.68. The summed E-state index contributed by atoms with van der Waals surface area (Å²) in [6.07, 6.45) is -3.32. The summed E-state index contributed by atoms with van der Waals surface area (Å²) in [5, 5.41) is 0.389. The Labute approximate surface area is 111 Å². The molecule has 0 amide bonds. The van der Waals surface area contributed by atoms with Gasteiger partial charge >= 0.3 is 6.36 Å². The third-order valence-electron chi connectivity index (χ3n) is 2.28. The fourth-order valence-electron chi connectivity index (χ4n) is 1.52. The van der Waals surface area contributed by atoms with Crippen LogP contribution in [0, 0.1) is 0 Å². The normalized spacial score (nSPS) is 11.4. The van der Waals surface area contributed by atoms with E-state index in [1.165, 1.54) is 30.5 Å². The van der Waals surface area contributed by atoms with E-state index in [0.29, 0.717) is 16.1 Å². The molecule has 0 radical (unpaired) electrons. The van der Waals surface area contributed by atoms with E-state index < -0.39 is 6.36 Å². The van der Waals surface area contributed by atoms with Crippen molar-refractivity contribution in [2.45, 2.75) is 6.36 Å². The van der Waals surface area contributed by atoms with E-state index in [4.69, 9.17) is 17.3 Å². The zero-order chi connectivity index (χ0) is 14.0. The van der Waals surface area contributed by atoms with E-state index in [-0.39, 0.29) is 11.6 Å². The first-order valence-electron chi connectivity index (χ1n) is 5.12. The van der Waals surface area contributed by atoms with Crippen molar-refractivity contribution in [3.8, 4) is 16.9 Å². The van der Waals surface area contributed by atoms with Gasteiger partial charge in [-0.25, -0.2) is 4.98 Å². The van der Waals surface area contributed by atoms with Crippen molar-refractivity contribution in [3.05, 3.63) is 41.6 Å². The van der Waals surface area contributed by atoms with Gasteiger partial charge in [-0.05, 0) is 23.8 Å². The van der Waals surface area contributed by atoms with Crippen LogP contribution in [0.25, 0.3) is 11.1 Å². The minimum absolute atomic E-state index is 0.244. The van der Waals surface area contributed by atoms with Crippen LogP contribution in [0.2, 0.25) is 5.02 Å². The minimum atomic E-state index is -4.71. The van der Waals surface area contributed by atoms with Gasteiger partial charge in [0.1, 0.15) is 11.6 Å². The molecule has 0 aliphatic heterocycles. The Kier molecular flexibility index (Phi) is 3.53. The van der Waals surface area contributed by atoms with Crippen molar-refractivity contribution in [3.63, 3.8) is 0 Å². The van der Waals surface area contributed by atoms with Gasteiger partial charge in [-0.2, -0.15) is 0 Å². The van der Waals surface area contributed by atoms with Crippen LogP contribution in [0.5, 0.6) is 5.75 Å². The summed E-state index contributed by atoms with van der Waals surface area (Å²) in [5.74, 6) is -0.0568. The molecule has 2 aromatic rings. The molecule has 1 aromatic carbocycles. The maximum absolute atomic E-state index is 12.0. The van der Waals surface area contributed by atoms with Crippen LogP contribution in [-0.2, 0) is 0 Å². The van der Waals surface area contributed by atoms with E-state index >= 15 is 0 Å². The molecule has 0 atom stereocenters. The van der Waals surface area contributed by atoms with Crippen LogP contribution >= 0.6 is 11.6 Å². The molecular weight excluding hydrogens is 281 g/mol. The van der Waals surface area contributed by atoms with E-state index in [2.05, 4.69) is 9.72 Å². The lowest BCUT2D eigenvalue weighted by atomic mass is 10.1. The molecule has 3 nitrogen and oxygen atoms in total. The Hall–Kier alpha value is -1.95. The molecule has 0 saturated heterocycles. The average molecular weight is 289 g/mol. The second-order valence-electron chi connectivity index (χ2n) is 3.66. The summed E-state index contributed by atoms with van der Waals surface area (Å²) < 4.78 is 39.8. The maximum Gasteiger partial charge on any atom is 0.573 e. The topological polar surface area (TPSA) is 48.1 Å². The number of hydrogen-bond donors (Lipinski definition) is 1. The zero-order valence-corrected chi connectivity index (χ0v) is 10.2. The van der Waals surface area contributed by atoms with E-state index in [1.54, 1.807) is 6.07 Å². The summed E-state index contributed by atoms with van der Waals surface area (Å²) in [6, 6.07) is 6.88. The van der Waals surface area contributed by atoms with Gasteiger partial charge in [0.05, 0.1) is 5.02 Å². The van der Waals surface area contributed by atoms with Crippen molar-refractivity contribution < 1.29 is 17.9 Å². The Morgan fingerprint density at radius 1 is 1.16 bits per heavy atom. The lowest BCUT2D eigenvalue weighted by Gasteiger charge is -2.10. The number of pyridine rings is 1. The number of aromatic nitrogens is 1. The second kappa shape index (κ2) is 4.97. The highest BCUT2D eigenvalue weighted by Crippen LogP contribution is 2.30. The molecular formula is C12H8ClF3N2O. The van der Waals surface area contributed by atoms with Crippen LogP contribution in [0.15, 0.2) is 36.5 Å². The zero-order valence-electron chi connectivity index (χ0n) is 9.41. The molecule has 0 bridgehead atoms. The first-order chi connectivity index (χ1) is 8.85. The number of nitrogens with zero attached hydrogens (tertiary/aromatic N) is 1. The maximum atomic E-state index is 12.0. The van der Waals surface area contributed by atoms with Crippen LogP contribution in [0.3, 0.4) is 0 Å². The molecule has 0 fully saturated rings. The summed E-state index contributed by atoms with van der Waals surface area (Å²) in [7, 11) is 0. The van der Waals surface area contributed by atoms with Crippen molar-refractivity contribution in [2.75, 3.05) is 5.73 Å². The summed E-state index contributed by atoms with van der Waals surface area (Å²) in [6.45, 7) is 0. The standard InChI is InChI=1S/C12H8ClF3N2O/c13-8-5-10(11(17)18-6-8)7-1-3-9(4-2-7)19-12(14,15)16/h1-6H,(H2,17,18). The van der Waals surface area contributed by atoms with Crippen LogP contribution in [0.1, 0.15) is 0 Å². The lowest BCUT2D eigenvalue weighted by Crippen LogP contribution is -2.16. The average Bonchev–Trinajstić information content (AvgIpc) is 2.31. The molecule has 0 spiro atoms. The van der Waals surface area contributed by atoms with Crippen LogP contribution in [0.4, 0.5) is 19.0 Å². The smallest absolute Gasteiger partial charge is 0.406 e. The number of anilines is 1. The Balaban J connectivity index is 2.30. The van der Waals surface area contributed by atoms with Gasteiger partial charge in [0.15, 0.2) is 0 Å². The van der Waals surface area contributed by atoms with Gasteiger partial charge in [0, 0.05) is 11.8 Å². The molecule has 100 valence electrons. The summed E-state index contributed by atoms with van der Waals surface area (Å²) in [4.78, 5) is 3.87. The number of rotatable bonds is 2. The van der Waals surface area contributed by atoms with Crippen molar-refractivity contribution in [1.82, 2.24) is 4.98 Å². The first kappa shape index (κ1) is 13.5. The van der Waals surface area contributed by atoms with Gasteiger partial charge in [0.2, 0.25) is 0 Å². The van der Waals surface area contributed by atoms with Crippen LogP contribution < -0.4 is 10.5 Å². The first-order valence-corrected chi connectivity index (χ1v) is 5.50. The number of alkyl halides is 3. The van der Waals surface area contributed by atoms with Crippen LogP contribution in [-0.4, -0.2) is 11.3 Å². The number of hydrogen-bond acceptors (Lipinski definition) is 3. The number of benzene rings is 1. The largest absolute Gasteiger partial charge is 0.573 e. The fraction of sp³-hybridized carbons (Fsp3) is 0.0833. The predicted molar refractivity (Wildman–Crippen MR) is 65.8 cm³/mol. The molecule has 1 aromatic heterocycles. The molecule has 0 aliphatic carbocycles. The number of nitrogen functional groups attached to an aromatic ring is 1. The number of ether oxygens (including phenoxy) is 1. The van der Waals surface area contributed by atoms with Gasteiger partial charge in [-0.15, -0.1) is 13.2 Å². The quantitative estimate of drug-likeness (QED) is 0.912. The lowest BCUT2D eigenvalue weighted by molar-refractivity contribution is -0.274. The molecule has 7 heteroatoms. The highest BCUT2D eigenvalue weighted by molar-refractivity contribution is 6.30. The van der Waals surface area contributed by atoms with E-state index in [9.17, 15) is 13.2 Å². The molecule has 2 N–H and O–H groups in total. The second-order valence-corrected chi connectivity index (χ2v) is 4.09. The molecule has 1 heterocycles. The van der Waals surface area contributed by atoms with Gasteiger partial charge < -0.3 is 10.5 Å². The highest BCUT2D eigenvalue weighted by Gasteiger charge is 2.30.